The van der Waals surface area contributed by atoms with E-state index < -0.39 is 12.1 Å². The zero-order chi connectivity index (χ0) is 13.0. The lowest BCUT2D eigenvalue weighted by molar-refractivity contribution is 0.145. The number of aliphatic hydroxyl groups is 1. The molecule has 2 unspecified atom stereocenters. The smallest absolute Gasteiger partial charge is 0.132 e. The molecule has 1 aromatic rings. The second-order valence-corrected chi connectivity index (χ2v) is 3.75. The molecule has 0 saturated heterocycles. The highest BCUT2D eigenvalue weighted by Crippen LogP contribution is 2.38. The summed E-state index contributed by atoms with van der Waals surface area (Å²) in [7, 11) is 4.59. The SMILES string of the molecule is COc1cc(OC)c(C(O)C(C)N)c(OC)c1. The molecule has 1 rings (SSSR count). The molecule has 0 fully saturated rings. The molecule has 2 atom stereocenters. The molecule has 0 bridgehead atoms. The minimum atomic E-state index is -0.856. The number of ether oxygens (including phenoxy) is 3. The molecule has 1 aromatic carbocycles. The third kappa shape index (κ3) is 2.81. The Hall–Kier alpha value is -1.46. The van der Waals surface area contributed by atoms with Gasteiger partial charge in [-0.3, -0.25) is 0 Å². The molecule has 96 valence electrons. The molecule has 0 saturated carbocycles. The zero-order valence-corrected chi connectivity index (χ0v) is 10.6. The topological polar surface area (TPSA) is 73.9 Å². The minimum absolute atomic E-state index is 0.425. The Labute approximate surface area is 101 Å². The van der Waals surface area contributed by atoms with Crippen molar-refractivity contribution in [3.05, 3.63) is 17.7 Å². The van der Waals surface area contributed by atoms with Crippen LogP contribution in [0.15, 0.2) is 12.1 Å². The number of benzene rings is 1. The van der Waals surface area contributed by atoms with E-state index in [0.717, 1.165) is 0 Å². The van der Waals surface area contributed by atoms with Gasteiger partial charge in [0.1, 0.15) is 23.4 Å². The molecule has 0 aliphatic rings. The number of methoxy groups -OCH3 is 3. The molecule has 0 amide bonds. The van der Waals surface area contributed by atoms with Crippen LogP contribution in [0.5, 0.6) is 17.2 Å². The van der Waals surface area contributed by atoms with Gasteiger partial charge in [0.25, 0.3) is 0 Å². The summed E-state index contributed by atoms with van der Waals surface area (Å²) in [5.74, 6) is 1.58. The Morgan fingerprint density at radius 1 is 1.06 bits per heavy atom. The van der Waals surface area contributed by atoms with Crippen molar-refractivity contribution in [3.63, 3.8) is 0 Å². The second-order valence-electron chi connectivity index (χ2n) is 3.75. The predicted molar refractivity (Wildman–Crippen MR) is 64.7 cm³/mol. The maximum Gasteiger partial charge on any atom is 0.132 e. The molecule has 0 aliphatic heterocycles. The first-order chi connectivity index (χ1) is 8.04. The average Bonchev–Trinajstić information content (AvgIpc) is 2.35. The van der Waals surface area contributed by atoms with Gasteiger partial charge in [0, 0.05) is 18.2 Å². The zero-order valence-electron chi connectivity index (χ0n) is 10.6. The quantitative estimate of drug-likeness (QED) is 0.807. The first kappa shape index (κ1) is 13.6. The van der Waals surface area contributed by atoms with E-state index >= 15 is 0 Å². The summed E-state index contributed by atoms with van der Waals surface area (Å²) in [6.45, 7) is 1.72. The summed E-state index contributed by atoms with van der Waals surface area (Å²) >= 11 is 0. The van der Waals surface area contributed by atoms with Crippen molar-refractivity contribution in [2.75, 3.05) is 21.3 Å². The van der Waals surface area contributed by atoms with Crippen molar-refractivity contribution in [1.29, 1.82) is 0 Å². The van der Waals surface area contributed by atoms with E-state index in [0.29, 0.717) is 22.8 Å². The summed E-state index contributed by atoms with van der Waals surface area (Å²) in [5, 5.41) is 10.1. The predicted octanol–water partition coefficient (Wildman–Crippen LogP) is 1.09. The third-order valence-corrected chi connectivity index (χ3v) is 2.55. The van der Waals surface area contributed by atoms with Gasteiger partial charge in [-0.15, -0.1) is 0 Å². The number of nitrogens with two attached hydrogens (primary N) is 1. The lowest BCUT2D eigenvalue weighted by Gasteiger charge is -2.21. The standard InChI is InChI=1S/C12H19NO4/c1-7(13)12(14)11-9(16-3)5-8(15-2)6-10(11)17-4/h5-7,12,14H,13H2,1-4H3. The minimum Gasteiger partial charge on any atom is -0.496 e. The second kappa shape index (κ2) is 5.75. The molecule has 0 aromatic heterocycles. The maximum atomic E-state index is 10.1. The Morgan fingerprint density at radius 3 is 1.82 bits per heavy atom. The van der Waals surface area contributed by atoms with Gasteiger partial charge in [-0.05, 0) is 6.92 Å². The van der Waals surface area contributed by atoms with Crippen molar-refractivity contribution in [1.82, 2.24) is 0 Å². The van der Waals surface area contributed by atoms with Crippen molar-refractivity contribution >= 4 is 0 Å². The largest absolute Gasteiger partial charge is 0.496 e. The molecular weight excluding hydrogens is 222 g/mol. The van der Waals surface area contributed by atoms with Crippen molar-refractivity contribution in [2.24, 2.45) is 5.73 Å². The van der Waals surface area contributed by atoms with E-state index in [1.54, 1.807) is 26.2 Å². The molecular formula is C12H19NO4. The lowest BCUT2D eigenvalue weighted by atomic mass is 10.0. The van der Waals surface area contributed by atoms with Crippen molar-refractivity contribution < 1.29 is 19.3 Å². The summed E-state index contributed by atoms with van der Waals surface area (Å²) in [6, 6.07) is 2.94. The van der Waals surface area contributed by atoms with Gasteiger partial charge in [0.05, 0.1) is 26.9 Å². The van der Waals surface area contributed by atoms with Crippen molar-refractivity contribution in [2.45, 2.75) is 19.1 Å². The van der Waals surface area contributed by atoms with E-state index in [1.807, 2.05) is 0 Å². The molecule has 0 radical (unpaired) electrons. The Kier molecular flexibility index (Phi) is 4.60. The number of rotatable bonds is 5. The van der Waals surface area contributed by atoms with Gasteiger partial charge in [0.15, 0.2) is 0 Å². The van der Waals surface area contributed by atoms with E-state index in [1.165, 1.54) is 14.2 Å². The fourth-order valence-corrected chi connectivity index (χ4v) is 1.59. The van der Waals surface area contributed by atoms with Crippen LogP contribution in [0.2, 0.25) is 0 Å². The normalized spacial score (nSPS) is 14.0. The molecule has 5 nitrogen and oxygen atoms in total. The molecule has 0 aliphatic carbocycles. The van der Waals surface area contributed by atoms with Crippen LogP contribution in [0, 0.1) is 0 Å². The van der Waals surface area contributed by atoms with Crippen molar-refractivity contribution in [3.8, 4) is 17.2 Å². The molecule has 0 heterocycles. The highest BCUT2D eigenvalue weighted by Gasteiger charge is 2.23. The van der Waals surface area contributed by atoms with Gasteiger partial charge in [-0.2, -0.15) is 0 Å². The van der Waals surface area contributed by atoms with E-state index in [9.17, 15) is 5.11 Å². The summed E-state index contributed by atoms with van der Waals surface area (Å²) in [4.78, 5) is 0. The van der Waals surface area contributed by atoms with Gasteiger partial charge in [-0.1, -0.05) is 0 Å². The van der Waals surface area contributed by atoms with Crippen LogP contribution >= 0.6 is 0 Å². The van der Waals surface area contributed by atoms with E-state index in [4.69, 9.17) is 19.9 Å². The first-order valence-electron chi connectivity index (χ1n) is 5.28. The molecule has 0 spiro atoms. The summed E-state index contributed by atoms with van der Waals surface area (Å²) in [6.07, 6.45) is -0.856. The fourth-order valence-electron chi connectivity index (χ4n) is 1.59. The number of aliphatic hydroxyl groups excluding tert-OH is 1. The van der Waals surface area contributed by atoms with Crippen LogP contribution in [0.4, 0.5) is 0 Å². The first-order valence-corrected chi connectivity index (χ1v) is 5.28. The molecule has 3 N–H and O–H groups in total. The third-order valence-electron chi connectivity index (χ3n) is 2.55. The van der Waals surface area contributed by atoms with Gasteiger partial charge >= 0.3 is 0 Å². The Morgan fingerprint density at radius 2 is 1.53 bits per heavy atom. The summed E-state index contributed by atoms with van der Waals surface area (Å²) < 4.78 is 15.6. The monoisotopic (exact) mass is 241 g/mol. The highest BCUT2D eigenvalue weighted by molar-refractivity contribution is 5.52. The van der Waals surface area contributed by atoms with E-state index in [-0.39, 0.29) is 0 Å². The van der Waals surface area contributed by atoms with Crippen LogP contribution in [0.25, 0.3) is 0 Å². The van der Waals surface area contributed by atoms with Crippen LogP contribution in [-0.4, -0.2) is 32.5 Å². The van der Waals surface area contributed by atoms with Crippen LogP contribution in [0.3, 0.4) is 0 Å². The van der Waals surface area contributed by atoms with Gasteiger partial charge < -0.3 is 25.1 Å². The van der Waals surface area contributed by atoms with Crippen LogP contribution in [-0.2, 0) is 0 Å². The maximum absolute atomic E-state index is 10.1. The molecule has 17 heavy (non-hydrogen) atoms. The van der Waals surface area contributed by atoms with Crippen LogP contribution in [0.1, 0.15) is 18.6 Å². The Bertz CT molecular complexity index is 354. The van der Waals surface area contributed by atoms with Gasteiger partial charge in [-0.25, -0.2) is 0 Å². The molecule has 5 heteroatoms. The lowest BCUT2D eigenvalue weighted by Crippen LogP contribution is -2.25. The number of hydrogen-bond donors (Lipinski definition) is 2. The summed E-state index contributed by atoms with van der Waals surface area (Å²) in [5.41, 5.74) is 6.23. The van der Waals surface area contributed by atoms with E-state index in [2.05, 4.69) is 0 Å². The number of hydrogen-bond acceptors (Lipinski definition) is 5. The fraction of sp³-hybridized carbons (Fsp3) is 0.500. The van der Waals surface area contributed by atoms with Gasteiger partial charge in [0.2, 0.25) is 0 Å². The average molecular weight is 241 g/mol. The Balaban J connectivity index is 3.34. The van der Waals surface area contributed by atoms with Crippen LogP contribution < -0.4 is 19.9 Å². The highest BCUT2D eigenvalue weighted by atomic mass is 16.5.